The molecule has 1 N–H and O–H groups in total. The zero-order valence-electron chi connectivity index (χ0n) is 14.2. The average Bonchev–Trinajstić information content (AvgIpc) is 3.33. The first-order valence-electron chi connectivity index (χ1n) is 8.33. The number of para-hydroxylation sites is 2. The van der Waals surface area contributed by atoms with Gasteiger partial charge in [0.2, 0.25) is 5.91 Å². The van der Waals surface area contributed by atoms with Crippen molar-refractivity contribution in [3.05, 3.63) is 51.7 Å². The first-order chi connectivity index (χ1) is 12.7. The molecule has 134 valence electrons. The number of hydrogen-bond donors (Lipinski definition) is 1. The van der Waals surface area contributed by atoms with Gasteiger partial charge in [0.05, 0.1) is 16.6 Å². The first-order valence-corrected chi connectivity index (χ1v) is 11.0. The minimum absolute atomic E-state index is 0.0223. The number of nitrogens with one attached hydrogen (secondary N) is 1. The zero-order valence-corrected chi connectivity index (χ0v) is 16.7. The van der Waals surface area contributed by atoms with Gasteiger partial charge >= 0.3 is 0 Å². The van der Waals surface area contributed by atoms with E-state index in [1.807, 2.05) is 36.5 Å². The van der Waals surface area contributed by atoms with Crippen LogP contribution in [0.3, 0.4) is 0 Å². The van der Waals surface area contributed by atoms with E-state index in [1.165, 1.54) is 33.5 Å². The smallest absolute Gasteiger partial charge is 0.237 e. The number of anilines is 2. The number of hydrogen-bond acceptors (Lipinski definition) is 7. The van der Waals surface area contributed by atoms with E-state index in [0.29, 0.717) is 0 Å². The van der Waals surface area contributed by atoms with Crippen molar-refractivity contribution in [1.29, 1.82) is 0 Å². The summed E-state index contributed by atoms with van der Waals surface area (Å²) in [5.41, 5.74) is 5.01. The highest BCUT2D eigenvalue weighted by Crippen LogP contribution is 2.33. The van der Waals surface area contributed by atoms with E-state index in [2.05, 4.69) is 37.9 Å². The fourth-order valence-electron chi connectivity index (χ4n) is 2.96. The standard InChI is InChI=1S/C18H18N4OS3/c1-12(26-18-21-19-11-25-18)17(23)20-14-4-2-3-5-15(14)22-8-6-16-13(10-22)7-9-24-16/h2-5,7,9,11-12H,6,8,10H2,1H3,(H,20,23)/t12-/m1/s1. The molecule has 1 aromatic carbocycles. The predicted octanol–water partition coefficient (Wildman–Crippen LogP) is 4.28. The van der Waals surface area contributed by atoms with Crippen LogP contribution in [-0.2, 0) is 17.8 Å². The van der Waals surface area contributed by atoms with E-state index in [1.54, 1.807) is 5.51 Å². The lowest BCUT2D eigenvalue weighted by Crippen LogP contribution is -2.31. The molecule has 0 saturated heterocycles. The van der Waals surface area contributed by atoms with Gasteiger partial charge in [0, 0.05) is 18.0 Å². The van der Waals surface area contributed by atoms with Crippen LogP contribution in [0.2, 0.25) is 0 Å². The number of amides is 1. The maximum atomic E-state index is 12.6. The molecule has 2 aromatic heterocycles. The molecule has 0 aliphatic carbocycles. The number of carbonyl (C=O) groups excluding carboxylic acids is 1. The second-order valence-corrected chi connectivity index (χ2v) is 9.43. The van der Waals surface area contributed by atoms with E-state index in [-0.39, 0.29) is 11.2 Å². The van der Waals surface area contributed by atoms with Crippen LogP contribution < -0.4 is 10.2 Å². The third-order valence-electron chi connectivity index (χ3n) is 4.30. The molecule has 4 rings (SSSR count). The van der Waals surface area contributed by atoms with Crippen LogP contribution in [0.15, 0.2) is 45.6 Å². The monoisotopic (exact) mass is 402 g/mol. The summed E-state index contributed by atoms with van der Waals surface area (Å²) in [6, 6.07) is 10.2. The fraction of sp³-hybridized carbons (Fsp3) is 0.278. The Bertz CT molecular complexity index is 893. The molecule has 0 saturated carbocycles. The molecule has 1 amide bonds. The van der Waals surface area contributed by atoms with Crippen LogP contribution in [0.1, 0.15) is 17.4 Å². The topological polar surface area (TPSA) is 58.1 Å². The van der Waals surface area contributed by atoms with E-state index >= 15 is 0 Å². The summed E-state index contributed by atoms with van der Waals surface area (Å²) in [6.45, 7) is 3.75. The average molecular weight is 403 g/mol. The highest BCUT2D eigenvalue weighted by Gasteiger charge is 2.22. The molecule has 26 heavy (non-hydrogen) atoms. The number of fused-ring (bicyclic) bond motifs is 1. The quantitative estimate of drug-likeness (QED) is 0.646. The summed E-state index contributed by atoms with van der Waals surface area (Å²) >= 11 is 4.71. The lowest BCUT2D eigenvalue weighted by Gasteiger charge is -2.31. The summed E-state index contributed by atoms with van der Waals surface area (Å²) in [6.07, 6.45) is 1.05. The van der Waals surface area contributed by atoms with Crippen molar-refractivity contribution in [2.45, 2.75) is 29.5 Å². The molecule has 8 heteroatoms. The predicted molar refractivity (Wildman–Crippen MR) is 109 cm³/mol. The lowest BCUT2D eigenvalue weighted by atomic mass is 10.1. The summed E-state index contributed by atoms with van der Waals surface area (Å²) < 4.78 is 0.807. The Balaban J connectivity index is 1.48. The molecule has 5 nitrogen and oxygen atoms in total. The van der Waals surface area contributed by atoms with Gasteiger partial charge in [-0.05, 0) is 42.5 Å². The molecule has 0 bridgehead atoms. The van der Waals surface area contributed by atoms with Gasteiger partial charge in [-0.1, -0.05) is 35.2 Å². The van der Waals surface area contributed by atoms with Crippen molar-refractivity contribution in [1.82, 2.24) is 10.2 Å². The van der Waals surface area contributed by atoms with Gasteiger partial charge < -0.3 is 10.2 Å². The number of thioether (sulfide) groups is 1. The van der Waals surface area contributed by atoms with Crippen LogP contribution >= 0.6 is 34.4 Å². The number of aromatic nitrogens is 2. The van der Waals surface area contributed by atoms with E-state index in [4.69, 9.17) is 0 Å². The maximum absolute atomic E-state index is 12.6. The molecule has 3 heterocycles. The van der Waals surface area contributed by atoms with Gasteiger partial charge in [0.25, 0.3) is 0 Å². The molecule has 1 aliphatic rings. The van der Waals surface area contributed by atoms with Crippen molar-refractivity contribution in [2.75, 3.05) is 16.8 Å². The summed E-state index contributed by atoms with van der Waals surface area (Å²) in [5.74, 6) is -0.0223. The molecule has 3 aromatic rings. The Morgan fingerprint density at radius 2 is 2.19 bits per heavy atom. The normalized spacial score (nSPS) is 14.7. The Kier molecular flexibility index (Phi) is 5.23. The summed E-state index contributed by atoms with van der Waals surface area (Å²) in [4.78, 5) is 16.5. The van der Waals surface area contributed by atoms with E-state index < -0.39 is 0 Å². The molecule has 0 unspecified atom stereocenters. The van der Waals surface area contributed by atoms with Gasteiger partial charge in [0.15, 0.2) is 4.34 Å². The number of thiophene rings is 1. The fourth-order valence-corrected chi connectivity index (χ4v) is 5.48. The Morgan fingerprint density at radius 1 is 1.31 bits per heavy atom. The Hall–Kier alpha value is -1.90. The number of carbonyl (C=O) groups is 1. The highest BCUT2D eigenvalue weighted by atomic mass is 32.2. The molecular weight excluding hydrogens is 384 g/mol. The van der Waals surface area contributed by atoms with Gasteiger partial charge in [-0.3, -0.25) is 4.79 Å². The van der Waals surface area contributed by atoms with Crippen molar-refractivity contribution in [3.63, 3.8) is 0 Å². The van der Waals surface area contributed by atoms with Crippen LogP contribution in [0.4, 0.5) is 11.4 Å². The van der Waals surface area contributed by atoms with Crippen LogP contribution in [0.25, 0.3) is 0 Å². The van der Waals surface area contributed by atoms with Crippen LogP contribution in [0, 0.1) is 0 Å². The third kappa shape index (κ3) is 3.77. The minimum Gasteiger partial charge on any atom is -0.365 e. The lowest BCUT2D eigenvalue weighted by molar-refractivity contribution is -0.115. The van der Waals surface area contributed by atoms with Crippen molar-refractivity contribution >= 4 is 51.7 Å². The Labute approximate surface area is 164 Å². The molecule has 0 radical (unpaired) electrons. The molecular formula is C18H18N4OS3. The summed E-state index contributed by atoms with van der Waals surface area (Å²) in [7, 11) is 0. The highest BCUT2D eigenvalue weighted by molar-refractivity contribution is 8.02. The van der Waals surface area contributed by atoms with Gasteiger partial charge in [-0.2, -0.15) is 0 Å². The van der Waals surface area contributed by atoms with E-state index in [9.17, 15) is 4.79 Å². The number of benzene rings is 1. The molecule has 0 spiro atoms. The van der Waals surface area contributed by atoms with Crippen molar-refractivity contribution in [3.8, 4) is 0 Å². The van der Waals surface area contributed by atoms with E-state index in [0.717, 1.165) is 35.2 Å². The largest absolute Gasteiger partial charge is 0.365 e. The van der Waals surface area contributed by atoms with Crippen LogP contribution in [0.5, 0.6) is 0 Å². The molecule has 1 aliphatic heterocycles. The Morgan fingerprint density at radius 3 is 3.04 bits per heavy atom. The summed E-state index contributed by atoms with van der Waals surface area (Å²) in [5, 5.41) is 12.8. The first kappa shape index (κ1) is 17.5. The second-order valence-electron chi connectivity index (χ2n) is 6.01. The third-order valence-corrected chi connectivity index (χ3v) is 7.23. The maximum Gasteiger partial charge on any atom is 0.237 e. The molecule has 0 fully saturated rings. The number of nitrogens with zero attached hydrogens (tertiary/aromatic N) is 3. The van der Waals surface area contributed by atoms with Gasteiger partial charge in [-0.15, -0.1) is 21.5 Å². The van der Waals surface area contributed by atoms with Crippen molar-refractivity contribution in [2.24, 2.45) is 0 Å². The second kappa shape index (κ2) is 7.77. The minimum atomic E-state index is -0.235. The molecule has 1 atom stereocenters. The van der Waals surface area contributed by atoms with Crippen molar-refractivity contribution < 1.29 is 4.79 Å². The SMILES string of the molecule is C[C@@H](Sc1nncs1)C(=O)Nc1ccccc1N1CCc2sccc2C1. The van der Waals surface area contributed by atoms with Crippen LogP contribution in [-0.4, -0.2) is 27.9 Å². The van der Waals surface area contributed by atoms with Gasteiger partial charge in [0.1, 0.15) is 5.51 Å². The van der Waals surface area contributed by atoms with Gasteiger partial charge in [-0.25, -0.2) is 0 Å². The number of rotatable bonds is 5. The zero-order chi connectivity index (χ0) is 17.9.